The maximum Gasteiger partial charge on any atom is 0.433 e. The number of carbonyl (C=O) groups is 1. The molecular weight excluding hydrogens is 283 g/mol. The minimum Gasteiger partial charge on any atom is -0.365 e. The molecule has 116 valence electrons. The van der Waals surface area contributed by atoms with Crippen LogP contribution in [0.5, 0.6) is 0 Å². The van der Waals surface area contributed by atoms with Crippen molar-refractivity contribution < 1.29 is 18.0 Å². The molecule has 1 saturated heterocycles. The van der Waals surface area contributed by atoms with Gasteiger partial charge in [-0.15, -0.1) is 0 Å². The molecule has 1 aromatic rings. The highest BCUT2D eigenvalue weighted by Crippen LogP contribution is 2.34. The largest absolute Gasteiger partial charge is 0.433 e. The van der Waals surface area contributed by atoms with Crippen molar-refractivity contribution in [3.8, 4) is 0 Å². The molecule has 2 N–H and O–H groups in total. The lowest BCUT2D eigenvalue weighted by molar-refractivity contribution is -0.141. The summed E-state index contributed by atoms with van der Waals surface area (Å²) in [5, 5.41) is 0. The number of aromatic nitrogens is 1. The van der Waals surface area contributed by atoms with Crippen LogP contribution in [0.2, 0.25) is 0 Å². The van der Waals surface area contributed by atoms with Gasteiger partial charge in [-0.25, -0.2) is 4.98 Å². The highest BCUT2D eigenvalue weighted by Gasteiger charge is 2.35. The number of hydrogen-bond donors (Lipinski definition) is 1. The lowest BCUT2D eigenvalue weighted by Gasteiger charge is -2.39. The van der Waals surface area contributed by atoms with Crippen LogP contribution in [0.1, 0.15) is 42.7 Å². The van der Waals surface area contributed by atoms with Crippen LogP contribution in [0.25, 0.3) is 0 Å². The highest BCUT2D eigenvalue weighted by molar-refractivity contribution is 5.97. The summed E-state index contributed by atoms with van der Waals surface area (Å²) in [6, 6.07) is 1.90. The lowest BCUT2D eigenvalue weighted by Crippen LogP contribution is -2.41. The van der Waals surface area contributed by atoms with Gasteiger partial charge in [-0.3, -0.25) is 4.79 Å². The highest BCUT2D eigenvalue weighted by atomic mass is 19.4. The Morgan fingerprint density at radius 1 is 1.38 bits per heavy atom. The Morgan fingerprint density at radius 2 is 2.05 bits per heavy atom. The van der Waals surface area contributed by atoms with Crippen LogP contribution in [0.3, 0.4) is 0 Å². The number of halogens is 3. The van der Waals surface area contributed by atoms with Crippen molar-refractivity contribution in [1.29, 1.82) is 0 Å². The van der Waals surface area contributed by atoms with Gasteiger partial charge in [0.2, 0.25) is 0 Å². The summed E-state index contributed by atoms with van der Waals surface area (Å²) < 4.78 is 38.5. The Labute approximate surface area is 121 Å². The molecule has 0 unspecified atom stereocenters. The van der Waals surface area contributed by atoms with Gasteiger partial charge in [-0.2, -0.15) is 13.2 Å². The Morgan fingerprint density at radius 3 is 2.57 bits per heavy atom. The first-order valence-electron chi connectivity index (χ1n) is 6.73. The van der Waals surface area contributed by atoms with Gasteiger partial charge in [0.25, 0.3) is 5.91 Å². The number of amides is 1. The SMILES string of the molecule is CC1(C)CCCN(c2nc(C(F)(F)F)ccc2C(N)=O)C1. The lowest BCUT2D eigenvalue weighted by atomic mass is 9.84. The minimum atomic E-state index is -4.55. The number of pyridine rings is 1. The summed E-state index contributed by atoms with van der Waals surface area (Å²) in [4.78, 5) is 16.8. The molecule has 4 nitrogen and oxygen atoms in total. The molecule has 1 aromatic heterocycles. The van der Waals surface area contributed by atoms with E-state index in [0.29, 0.717) is 13.1 Å². The van der Waals surface area contributed by atoms with Crippen LogP contribution >= 0.6 is 0 Å². The Bertz CT molecular complexity index is 555. The number of carbonyl (C=O) groups excluding carboxylic acids is 1. The summed E-state index contributed by atoms with van der Waals surface area (Å²) >= 11 is 0. The molecule has 0 aromatic carbocycles. The van der Waals surface area contributed by atoms with E-state index in [0.717, 1.165) is 25.0 Å². The fraction of sp³-hybridized carbons (Fsp3) is 0.571. The van der Waals surface area contributed by atoms with E-state index in [9.17, 15) is 18.0 Å². The van der Waals surface area contributed by atoms with Gasteiger partial charge in [-0.1, -0.05) is 13.8 Å². The number of nitrogens with two attached hydrogens (primary N) is 1. The van der Waals surface area contributed by atoms with Crippen LogP contribution in [-0.4, -0.2) is 24.0 Å². The molecule has 7 heteroatoms. The van der Waals surface area contributed by atoms with Crippen molar-refractivity contribution in [3.05, 3.63) is 23.4 Å². The van der Waals surface area contributed by atoms with E-state index in [1.165, 1.54) is 0 Å². The standard InChI is InChI=1S/C14H18F3N3O/c1-13(2)6-3-7-20(8-13)12-9(11(18)21)4-5-10(19-12)14(15,16)17/h4-5H,3,6-8H2,1-2H3,(H2,18,21). The third-order valence-electron chi connectivity index (χ3n) is 3.63. The molecule has 1 aliphatic heterocycles. The predicted molar refractivity (Wildman–Crippen MR) is 73.0 cm³/mol. The van der Waals surface area contributed by atoms with Gasteiger partial charge in [0.15, 0.2) is 0 Å². The number of hydrogen-bond acceptors (Lipinski definition) is 3. The van der Waals surface area contributed by atoms with E-state index in [-0.39, 0.29) is 16.8 Å². The first-order chi connectivity index (χ1) is 9.60. The van der Waals surface area contributed by atoms with Crippen molar-refractivity contribution in [2.75, 3.05) is 18.0 Å². The van der Waals surface area contributed by atoms with Crippen LogP contribution in [0.15, 0.2) is 12.1 Å². The molecule has 0 saturated carbocycles. The van der Waals surface area contributed by atoms with Crippen LogP contribution in [-0.2, 0) is 6.18 Å². The molecule has 1 aliphatic rings. The fourth-order valence-corrected chi connectivity index (χ4v) is 2.64. The molecule has 1 amide bonds. The quantitative estimate of drug-likeness (QED) is 0.913. The van der Waals surface area contributed by atoms with Gasteiger partial charge in [0, 0.05) is 13.1 Å². The van der Waals surface area contributed by atoms with Gasteiger partial charge in [0.1, 0.15) is 11.5 Å². The number of rotatable bonds is 2. The second-order valence-electron chi connectivity index (χ2n) is 6.12. The van der Waals surface area contributed by atoms with E-state index in [4.69, 9.17) is 5.73 Å². The van der Waals surface area contributed by atoms with E-state index in [1.54, 1.807) is 4.90 Å². The third kappa shape index (κ3) is 3.46. The molecule has 0 bridgehead atoms. The second kappa shape index (κ2) is 5.20. The van der Waals surface area contributed by atoms with Crippen molar-refractivity contribution >= 4 is 11.7 Å². The van der Waals surface area contributed by atoms with E-state index in [2.05, 4.69) is 4.98 Å². The number of piperidine rings is 1. The fourth-order valence-electron chi connectivity index (χ4n) is 2.64. The van der Waals surface area contributed by atoms with E-state index in [1.807, 2.05) is 13.8 Å². The summed E-state index contributed by atoms with van der Waals surface area (Å²) in [6.45, 7) is 5.19. The summed E-state index contributed by atoms with van der Waals surface area (Å²) in [5.41, 5.74) is 4.24. The van der Waals surface area contributed by atoms with Crippen LogP contribution < -0.4 is 10.6 Å². The molecule has 21 heavy (non-hydrogen) atoms. The molecule has 0 radical (unpaired) electrons. The maximum atomic E-state index is 12.8. The summed E-state index contributed by atoms with van der Waals surface area (Å²) in [7, 11) is 0. The average Bonchev–Trinajstić information content (AvgIpc) is 2.35. The van der Waals surface area contributed by atoms with E-state index >= 15 is 0 Å². The second-order valence-corrected chi connectivity index (χ2v) is 6.12. The first-order valence-corrected chi connectivity index (χ1v) is 6.73. The van der Waals surface area contributed by atoms with Crippen molar-refractivity contribution in [1.82, 2.24) is 4.98 Å². The van der Waals surface area contributed by atoms with E-state index < -0.39 is 17.8 Å². The number of alkyl halides is 3. The van der Waals surface area contributed by atoms with Crippen LogP contribution in [0.4, 0.5) is 19.0 Å². The third-order valence-corrected chi connectivity index (χ3v) is 3.63. The normalized spacial score (nSPS) is 18.6. The number of nitrogens with zero attached hydrogens (tertiary/aromatic N) is 2. The number of anilines is 1. The predicted octanol–water partition coefficient (Wildman–Crippen LogP) is 2.83. The summed E-state index contributed by atoms with van der Waals surface area (Å²) in [5.74, 6) is -0.736. The molecule has 2 rings (SSSR count). The summed E-state index contributed by atoms with van der Waals surface area (Å²) in [6.07, 6.45) is -2.73. The van der Waals surface area contributed by atoms with Gasteiger partial charge >= 0.3 is 6.18 Å². The van der Waals surface area contributed by atoms with Crippen molar-refractivity contribution in [2.24, 2.45) is 11.1 Å². The zero-order valence-electron chi connectivity index (χ0n) is 12.0. The Hall–Kier alpha value is -1.79. The zero-order valence-corrected chi connectivity index (χ0v) is 12.0. The van der Waals surface area contributed by atoms with Gasteiger partial charge < -0.3 is 10.6 Å². The molecule has 2 heterocycles. The Balaban J connectivity index is 2.46. The Kier molecular flexibility index (Phi) is 3.86. The van der Waals surface area contributed by atoms with Crippen molar-refractivity contribution in [2.45, 2.75) is 32.9 Å². The smallest absolute Gasteiger partial charge is 0.365 e. The van der Waals surface area contributed by atoms with Crippen LogP contribution in [0, 0.1) is 5.41 Å². The molecule has 0 atom stereocenters. The monoisotopic (exact) mass is 301 g/mol. The minimum absolute atomic E-state index is 0.0284. The molecular formula is C14H18F3N3O. The topological polar surface area (TPSA) is 59.2 Å². The zero-order chi connectivity index (χ0) is 15.8. The average molecular weight is 301 g/mol. The van der Waals surface area contributed by atoms with Gasteiger partial charge in [0.05, 0.1) is 5.56 Å². The first kappa shape index (κ1) is 15.6. The van der Waals surface area contributed by atoms with Crippen molar-refractivity contribution in [3.63, 3.8) is 0 Å². The molecule has 0 aliphatic carbocycles. The molecule has 1 fully saturated rings. The number of primary amides is 1. The maximum absolute atomic E-state index is 12.8. The molecule has 0 spiro atoms. The van der Waals surface area contributed by atoms with Gasteiger partial charge in [-0.05, 0) is 30.4 Å².